The first kappa shape index (κ1) is 19.1. The van der Waals surface area contributed by atoms with Crippen LogP contribution in [-0.4, -0.2) is 46.1 Å². The van der Waals surface area contributed by atoms with Gasteiger partial charge in [-0.25, -0.2) is 0 Å². The highest BCUT2D eigenvalue weighted by atomic mass is 32.2. The van der Waals surface area contributed by atoms with Gasteiger partial charge in [0.15, 0.2) is 5.16 Å². The van der Waals surface area contributed by atoms with Crippen LogP contribution in [0.15, 0.2) is 5.16 Å². The Morgan fingerprint density at radius 2 is 1.81 bits per heavy atom. The maximum Gasteiger partial charge on any atom is 0.230 e. The molecule has 0 bridgehead atoms. The predicted molar refractivity (Wildman–Crippen MR) is 109 cm³/mol. The average molecular weight is 392 g/mol. The van der Waals surface area contributed by atoms with Gasteiger partial charge in [-0.3, -0.25) is 9.36 Å². The second-order valence-electron chi connectivity index (χ2n) is 8.65. The van der Waals surface area contributed by atoms with Crippen molar-refractivity contribution < 1.29 is 4.79 Å². The van der Waals surface area contributed by atoms with Crippen molar-refractivity contribution in [3.05, 3.63) is 0 Å². The van der Waals surface area contributed by atoms with Gasteiger partial charge in [-0.1, -0.05) is 37.9 Å². The van der Waals surface area contributed by atoms with Gasteiger partial charge in [0, 0.05) is 25.7 Å². The highest BCUT2D eigenvalue weighted by Crippen LogP contribution is 2.41. The molecule has 1 aromatic rings. The molecule has 4 rings (SSSR count). The van der Waals surface area contributed by atoms with Crippen molar-refractivity contribution in [2.75, 3.05) is 30.3 Å². The predicted octanol–water partition coefficient (Wildman–Crippen LogP) is 3.64. The van der Waals surface area contributed by atoms with E-state index in [0.29, 0.717) is 17.7 Å². The number of aromatic nitrogens is 3. The fourth-order valence-electron chi connectivity index (χ4n) is 4.27. The Kier molecular flexibility index (Phi) is 6.25. The third-order valence-electron chi connectivity index (χ3n) is 6.27. The van der Waals surface area contributed by atoms with Crippen LogP contribution in [0.4, 0.5) is 5.95 Å². The number of hydrogen-bond acceptors (Lipinski definition) is 5. The van der Waals surface area contributed by atoms with Gasteiger partial charge in [-0.05, 0) is 50.4 Å². The second-order valence-corrected chi connectivity index (χ2v) is 9.59. The standard InChI is InChI=1S/C20H33N5OS/c1-15-9-11-24(12-10-15)19-22-23-20(25(19)17-7-8-17)27-14-18(26)21-13-16-5-3-2-4-6-16/h15-17H,2-14H2,1H3,(H,21,26). The number of piperidine rings is 1. The summed E-state index contributed by atoms with van der Waals surface area (Å²) in [5, 5.41) is 13.0. The first-order valence-corrected chi connectivity index (χ1v) is 11.8. The number of carbonyl (C=O) groups is 1. The summed E-state index contributed by atoms with van der Waals surface area (Å²) in [6.07, 6.45) is 11.4. The molecule has 0 aromatic carbocycles. The van der Waals surface area contributed by atoms with Crippen LogP contribution in [-0.2, 0) is 4.79 Å². The molecule has 0 radical (unpaired) electrons. The maximum absolute atomic E-state index is 12.3. The van der Waals surface area contributed by atoms with Crippen molar-refractivity contribution in [2.45, 2.75) is 75.9 Å². The molecule has 2 saturated carbocycles. The van der Waals surface area contributed by atoms with Crippen molar-refractivity contribution in [1.82, 2.24) is 20.1 Å². The van der Waals surface area contributed by atoms with E-state index in [1.54, 1.807) is 11.8 Å². The molecule has 2 aliphatic carbocycles. The van der Waals surface area contributed by atoms with Gasteiger partial charge in [0.25, 0.3) is 0 Å². The summed E-state index contributed by atoms with van der Waals surface area (Å²) in [4.78, 5) is 14.7. The fraction of sp³-hybridized carbons (Fsp3) is 0.850. The number of rotatable bonds is 7. The van der Waals surface area contributed by atoms with E-state index in [1.807, 2.05) is 0 Å². The van der Waals surface area contributed by atoms with Gasteiger partial charge >= 0.3 is 0 Å². The summed E-state index contributed by atoms with van der Waals surface area (Å²) in [7, 11) is 0. The van der Waals surface area contributed by atoms with E-state index < -0.39 is 0 Å². The average Bonchev–Trinajstić information content (AvgIpc) is 3.45. The minimum Gasteiger partial charge on any atom is -0.355 e. The minimum atomic E-state index is 0.129. The molecule has 1 aromatic heterocycles. The Morgan fingerprint density at radius 1 is 1.07 bits per heavy atom. The van der Waals surface area contributed by atoms with Crippen LogP contribution in [0, 0.1) is 11.8 Å². The lowest BCUT2D eigenvalue weighted by molar-refractivity contribution is -0.118. The van der Waals surface area contributed by atoms with E-state index in [9.17, 15) is 4.79 Å². The molecule has 1 saturated heterocycles. The van der Waals surface area contributed by atoms with Crippen LogP contribution in [0.5, 0.6) is 0 Å². The van der Waals surface area contributed by atoms with Gasteiger partial charge in [-0.15, -0.1) is 10.2 Å². The van der Waals surface area contributed by atoms with Crippen molar-refractivity contribution in [2.24, 2.45) is 11.8 Å². The fourth-order valence-corrected chi connectivity index (χ4v) is 5.11. The van der Waals surface area contributed by atoms with Gasteiger partial charge < -0.3 is 10.2 Å². The summed E-state index contributed by atoms with van der Waals surface area (Å²) in [5.74, 6) is 3.07. The molecule has 150 valence electrons. The van der Waals surface area contributed by atoms with Crippen molar-refractivity contribution in [3.63, 3.8) is 0 Å². The molecule has 3 aliphatic rings. The molecule has 1 N–H and O–H groups in total. The summed E-state index contributed by atoms with van der Waals surface area (Å²) in [6, 6.07) is 0.530. The first-order valence-electron chi connectivity index (χ1n) is 10.8. The molecular weight excluding hydrogens is 358 g/mol. The number of amides is 1. The van der Waals surface area contributed by atoms with E-state index in [2.05, 4.69) is 31.9 Å². The number of nitrogens with zero attached hydrogens (tertiary/aromatic N) is 4. The molecule has 7 heteroatoms. The third kappa shape index (κ3) is 4.98. The Labute approximate surface area is 166 Å². The molecule has 0 atom stereocenters. The second kappa shape index (κ2) is 8.84. The molecule has 0 unspecified atom stereocenters. The zero-order valence-electron chi connectivity index (χ0n) is 16.5. The summed E-state index contributed by atoms with van der Waals surface area (Å²) in [5.41, 5.74) is 0. The number of anilines is 1. The molecule has 6 nitrogen and oxygen atoms in total. The monoisotopic (exact) mass is 391 g/mol. The smallest absolute Gasteiger partial charge is 0.230 e. The molecule has 27 heavy (non-hydrogen) atoms. The molecule has 0 spiro atoms. The number of thioether (sulfide) groups is 1. The van der Waals surface area contributed by atoms with Crippen molar-refractivity contribution in [1.29, 1.82) is 0 Å². The highest BCUT2D eigenvalue weighted by Gasteiger charge is 2.32. The van der Waals surface area contributed by atoms with Crippen LogP contribution in [0.2, 0.25) is 0 Å². The van der Waals surface area contributed by atoms with E-state index in [-0.39, 0.29) is 5.91 Å². The van der Waals surface area contributed by atoms with Crippen LogP contribution in [0.3, 0.4) is 0 Å². The molecule has 1 aliphatic heterocycles. The topological polar surface area (TPSA) is 63.1 Å². The summed E-state index contributed by atoms with van der Waals surface area (Å²) in [6.45, 7) is 5.30. The Bertz CT molecular complexity index is 630. The van der Waals surface area contributed by atoms with E-state index >= 15 is 0 Å². The summed E-state index contributed by atoms with van der Waals surface area (Å²) < 4.78 is 2.30. The van der Waals surface area contributed by atoms with Crippen LogP contribution < -0.4 is 10.2 Å². The molecule has 3 fully saturated rings. The Balaban J connectivity index is 1.31. The van der Waals surface area contributed by atoms with Crippen LogP contribution in [0.25, 0.3) is 0 Å². The van der Waals surface area contributed by atoms with Gasteiger partial charge in [0.1, 0.15) is 0 Å². The largest absolute Gasteiger partial charge is 0.355 e. The van der Waals surface area contributed by atoms with Crippen LogP contribution >= 0.6 is 11.8 Å². The quantitative estimate of drug-likeness (QED) is 0.719. The van der Waals surface area contributed by atoms with Gasteiger partial charge in [0.05, 0.1) is 5.75 Å². The molecule has 1 amide bonds. The van der Waals surface area contributed by atoms with Crippen molar-refractivity contribution >= 4 is 23.6 Å². The lowest BCUT2D eigenvalue weighted by atomic mass is 9.89. The van der Waals surface area contributed by atoms with Gasteiger partial charge in [-0.2, -0.15) is 0 Å². The van der Waals surface area contributed by atoms with Gasteiger partial charge in [0.2, 0.25) is 11.9 Å². The first-order chi connectivity index (χ1) is 13.2. The summed E-state index contributed by atoms with van der Waals surface area (Å²) >= 11 is 1.55. The van der Waals surface area contributed by atoms with E-state index in [4.69, 9.17) is 0 Å². The zero-order chi connectivity index (χ0) is 18.6. The Morgan fingerprint density at radius 3 is 2.52 bits per heavy atom. The highest BCUT2D eigenvalue weighted by molar-refractivity contribution is 7.99. The third-order valence-corrected chi connectivity index (χ3v) is 7.21. The number of nitrogens with one attached hydrogen (secondary N) is 1. The molecular formula is C20H33N5OS. The minimum absolute atomic E-state index is 0.129. The Hall–Kier alpha value is -1.24. The van der Waals surface area contributed by atoms with Crippen molar-refractivity contribution in [3.8, 4) is 0 Å². The van der Waals surface area contributed by atoms with E-state index in [1.165, 1.54) is 57.8 Å². The normalized spacial score (nSPS) is 22.2. The number of hydrogen-bond donors (Lipinski definition) is 1. The maximum atomic E-state index is 12.3. The SMILES string of the molecule is CC1CCN(c2nnc(SCC(=O)NCC3CCCCC3)n2C2CC2)CC1. The van der Waals surface area contributed by atoms with E-state index in [0.717, 1.165) is 36.7 Å². The number of carbonyl (C=O) groups excluding carboxylic acids is 1. The van der Waals surface area contributed by atoms with Crippen LogP contribution in [0.1, 0.15) is 70.8 Å². The molecule has 2 heterocycles. The zero-order valence-corrected chi connectivity index (χ0v) is 17.3. The lowest BCUT2D eigenvalue weighted by Crippen LogP contribution is -2.34. The lowest BCUT2D eigenvalue weighted by Gasteiger charge is -2.31.